The van der Waals surface area contributed by atoms with Crippen molar-refractivity contribution in [2.45, 2.75) is 12.8 Å². The van der Waals surface area contributed by atoms with Gasteiger partial charge < -0.3 is 5.32 Å². The summed E-state index contributed by atoms with van der Waals surface area (Å²) in [6.07, 6.45) is 1.78. The van der Waals surface area contributed by atoms with Crippen LogP contribution in [0.1, 0.15) is 17.8 Å². The van der Waals surface area contributed by atoms with Gasteiger partial charge in [0.1, 0.15) is 0 Å². The zero-order valence-corrected chi connectivity index (χ0v) is 11.2. The third kappa shape index (κ3) is 3.49. The molecule has 0 aliphatic carbocycles. The topological polar surface area (TPSA) is 63.6 Å². The van der Waals surface area contributed by atoms with E-state index in [1.807, 2.05) is 5.38 Å². The van der Waals surface area contributed by atoms with E-state index in [-0.39, 0.29) is 16.5 Å². The largest absolute Gasteiger partial charge is 0.353 e. The minimum absolute atomic E-state index is 0.0781. The predicted octanol–water partition coefficient (Wildman–Crippen LogP) is 2.85. The average molecular weight is 290 g/mol. The number of thiazole rings is 1. The minimum Gasteiger partial charge on any atom is -0.353 e. The summed E-state index contributed by atoms with van der Waals surface area (Å²) < 4.78 is 0. The van der Waals surface area contributed by atoms with Gasteiger partial charge in [0.15, 0.2) is 0 Å². The summed E-state index contributed by atoms with van der Waals surface area (Å²) in [6, 6.07) is 0. The fraction of sp³-hybridized carbons (Fsp3) is 0.333. The van der Waals surface area contributed by atoms with Crippen LogP contribution in [-0.2, 0) is 0 Å². The first-order valence-electron chi connectivity index (χ1n) is 4.85. The molecule has 0 amide bonds. The van der Waals surface area contributed by atoms with Gasteiger partial charge in [-0.2, -0.15) is 15.0 Å². The summed E-state index contributed by atoms with van der Waals surface area (Å²) in [6.45, 7) is 2.72. The molecular weight excluding hydrogens is 281 g/mol. The van der Waals surface area contributed by atoms with Crippen LogP contribution in [0.4, 0.5) is 5.95 Å². The van der Waals surface area contributed by atoms with Gasteiger partial charge in [0, 0.05) is 24.0 Å². The Hall–Kier alpha value is -0.980. The van der Waals surface area contributed by atoms with Gasteiger partial charge in [-0.3, -0.25) is 0 Å². The maximum absolute atomic E-state index is 5.67. The number of rotatable bonds is 4. The molecule has 2 aromatic rings. The molecular formula is C9H9Cl2N5S. The van der Waals surface area contributed by atoms with Crippen LogP contribution in [0, 0.1) is 0 Å². The lowest BCUT2D eigenvalue weighted by Gasteiger charge is -2.09. The van der Waals surface area contributed by atoms with Gasteiger partial charge >= 0.3 is 0 Å². The molecule has 0 bridgehead atoms. The quantitative estimate of drug-likeness (QED) is 0.938. The monoisotopic (exact) mass is 289 g/mol. The third-order valence-electron chi connectivity index (χ3n) is 2.02. The van der Waals surface area contributed by atoms with E-state index in [0.29, 0.717) is 12.5 Å². The molecule has 0 aromatic carbocycles. The molecule has 0 aliphatic heterocycles. The number of anilines is 1. The average Bonchev–Trinajstić information content (AvgIpc) is 2.78. The van der Waals surface area contributed by atoms with E-state index in [2.05, 4.69) is 32.2 Å². The molecule has 2 heterocycles. The molecule has 0 spiro atoms. The van der Waals surface area contributed by atoms with Crippen LogP contribution >= 0.6 is 34.5 Å². The Morgan fingerprint density at radius 1 is 1.29 bits per heavy atom. The van der Waals surface area contributed by atoms with Gasteiger partial charge in [-0.1, -0.05) is 6.92 Å². The van der Waals surface area contributed by atoms with E-state index in [1.54, 1.807) is 17.5 Å². The molecule has 0 radical (unpaired) electrons. The van der Waals surface area contributed by atoms with Crippen molar-refractivity contribution < 1.29 is 0 Å². The second kappa shape index (κ2) is 5.57. The molecule has 0 fully saturated rings. The molecule has 1 unspecified atom stereocenters. The number of halogens is 2. The second-order valence-corrected chi connectivity index (χ2v) is 4.95. The number of hydrogen-bond donors (Lipinski definition) is 1. The molecule has 1 atom stereocenters. The van der Waals surface area contributed by atoms with Crippen LogP contribution in [0.15, 0.2) is 11.6 Å². The number of nitrogens with one attached hydrogen (secondary N) is 1. The summed E-state index contributed by atoms with van der Waals surface area (Å²) in [5.74, 6) is 0.641. The van der Waals surface area contributed by atoms with Crippen molar-refractivity contribution in [2.75, 3.05) is 11.9 Å². The van der Waals surface area contributed by atoms with Gasteiger partial charge in [0.05, 0.1) is 5.01 Å². The highest BCUT2D eigenvalue weighted by Crippen LogP contribution is 2.18. The van der Waals surface area contributed by atoms with E-state index in [4.69, 9.17) is 23.2 Å². The Bertz CT molecular complexity index is 470. The highest BCUT2D eigenvalue weighted by atomic mass is 35.5. The third-order valence-corrected chi connectivity index (χ3v) is 3.37. The number of nitrogens with zero attached hydrogens (tertiary/aromatic N) is 4. The summed E-state index contributed by atoms with van der Waals surface area (Å²) in [7, 11) is 0. The first-order chi connectivity index (χ1) is 8.15. The Morgan fingerprint density at radius 3 is 2.59 bits per heavy atom. The van der Waals surface area contributed by atoms with Crippen molar-refractivity contribution in [1.82, 2.24) is 19.9 Å². The van der Waals surface area contributed by atoms with Crippen molar-refractivity contribution in [3.05, 3.63) is 27.2 Å². The molecule has 0 saturated carbocycles. The van der Waals surface area contributed by atoms with E-state index < -0.39 is 0 Å². The minimum atomic E-state index is 0.0781. The Labute approximate surface area is 112 Å². The molecule has 0 aliphatic rings. The lowest BCUT2D eigenvalue weighted by Crippen LogP contribution is -2.12. The van der Waals surface area contributed by atoms with Crippen LogP contribution in [0.2, 0.25) is 10.6 Å². The molecule has 2 rings (SSSR count). The van der Waals surface area contributed by atoms with E-state index in [1.165, 1.54) is 0 Å². The SMILES string of the molecule is CC(CNc1nc(Cl)nc(Cl)n1)c1nccs1. The standard InChI is InChI=1S/C9H9Cl2N5S/c1-5(6-12-2-3-17-6)4-13-9-15-7(10)14-8(11)16-9/h2-3,5H,4H2,1H3,(H,13,14,15,16). The molecule has 5 nitrogen and oxygen atoms in total. The van der Waals surface area contributed by atoms with Crippen LogP contribution < -0.4 is 5.32 Å². The smallest absolute Gasteiger partial charge is 0.228 e. The molecule has 8 heteroatoms. The predicted molar refractivity (Wildman–Crippen MR) is 68.9 cm³/mol. The zero-order chi connectivity index (χ0) is 12.3. The van der Waals surface area contributed by atoms with Crippen LogP contribution in [-0.4, -0.2) is 26.5 Å². The Balaban J connectivity index is 1.98. The molecule has 2 aromatic heterocycles. The Kier molecular flexibility index (Phi) is 4.09. The fourth-order valence-corrected chi connectivity index (χ4v) is 2.28. The first kappa shape index (κ1) is 12.5. The van der Waals surface area contributed by atoms with E-state index >= 15 is 0 Å². The van der Waals surface area contributed by atoms with E-state index in [0.717, 1.165) is 5.01 Å². The fourth-order valence-electron chi connectivity index (χ4n) is 1.21. The number of hydrogen-bond acceptors (Lipinski definition) is 6. The summed E-state index contributed by atoms with van der Waals surface area (Å²) >= 11 is 13.0. The van der Waals surface area contributed by atoms with Crippen molar-refractivity contribution >= 4 is 40.5 Å². The van der Waals surface area contributed by atoms with Crippen molar-refractivity contribution in [2.24, 2.45) is 0 Å². The molecule has 90 valence electrons. The van der Waals surface area contributed by atoms with Crippen LogP contribution in [0.5, 0.6) is 0 Å². The van der Waals surface area contributed by atoms with Gasteiger partial charge in [-0.15, -0.1) is 11.3 Å². The molecule has 0 saturated heterocycles. The number of aromatic nitrogens is 4. The molecule has 17 heavy (non-hydrogen) atoms. The second-order valence-electron chi connectivity index (χ2n) is 3.35. The maximum atomic E-state index is 5.67. The van der Waals surface area contributed by atoms with Crippen LogP contribution in [0.25, 0.3) is 0 Å². The van der Waals surface area contributed by atoms with Crippen molar-refractivity contribution in [1.29, 1.82) is 0 Å². The van der Waals surface area contributed by atoms with Gasteiger partial charge in [0.2, 0.25) is 16.5 Å². The van der Waals surface area contributed by atoms with Crippen molar-refractivity contribution in [3.63, 3.8) is 0 Å². The normalized spacial score (nSPS) is 12.4. The highest BCUT2D eigenvalue weighted by molar-refractivity contribution is 7.09. The van der Waals surface area contributed by atoms with Crippen molar-refractivity contribution in [3.8, 4) is 0 Å². The van der Waals surface area contributed by atoms with Gasteiger partial charge in [-0.05, 0) is 23.2 Å². The highest BCUT2D eigenvalue weighted by Gasteiger charge is 2.09. The molecule has 1 N–H and O–H groups in total. The maximum Gasteiger partial charge on any atom is 0.228 e. The first-order valence-corrected chi connectivity index (χ1v) is 6.49. The summed E-state index contributed by atoms with van der Waals surface area (Å²) in [4.78, 5) is 15.7. The Morgan fingerprint density at radius 2 is 2.00 bits per heavy atom. The lowest BCUT2D eigenvalue weighted by molar-refractivity contribution is 0.786. The zero-order valence-electron chi connectivity index (χ0n) is 8.89. The lowest BCUT2D eigenvalue weighted by atomic mass is 10.2. The summed E-state index contributed by atoms with van der Waals surface area (Å²) in [5.41, 5.74) is 0. The van der Waals surface area contributed by atoms with Crippen LogP contribution in [0.3, 0.4) is 0 Å². The van der Waals surface area contributed by atoms with Gasteiger partial charge in [0.25, 0.3) is 0 Å². The van der Waals surface area contributed by atoms with E-state index in [9.17, 15) is 0 Å². The van der Waals surface area contributed by atoms with Gasteiger partial charge in [-0.25, -0.2) is 4.98 Å². The summed E-state index contributed by atoms with van der Waals surface area (Å²) in [5, 5.41) is 6.21.